The first-order chi connectivity index (χ1) is 16.9. The van der Waals surface area contributed by atoms with Gasteiger partial charge in [-0.25, -0.2) is 13.9 Å². The number of anilines is 1. The number of Topliss-reactive ketones (excluding diaryl/α,β-unsaturated/α-hetero) is 1. The molecule has 0 atom stereocenters. The molecule has 2 amide bonds. The van der Waals surface area contributed by atoms with Crippen LogP contribution in [-0.2, 0) is 4.79 Å². The molecule has 1 aliphatic carbocycles. The highest BCUT2D eigenvalue weighted by Crippen LogP contribution is 2.28. The van der Waals surface area contributed by atoms with Crippen molar-refractivity contribution >= 4 is 40.5 Å². The van der Waals surface area contributed by atoms with Crippen molar-refractivity contribution in [1.29, 1.82) is 0 Å². The van der Waals surface area contributed by atoms with Crippen molar-refractivity contribution < 1.29 is 18.8 Å². The summed E-state index contributed by atoms with van der Waals surface area (Å²) < 4.78 is 14.7. The van der Waals surface area contributed by atoms with Crippen molar-refractivity contribution in [3.05, 3.63) is 58.8 Å². The fraction of sp³-hybridized carbons (Fsp3) is 0.400. The third-order valence-electron chi connectivity index (χ3n) is 6.30. The average Bonchev–Trinajstić information content (AvgIpc) is 3.28. The van der Waals surface area contributed by atoms with Crippen LogP contribution in [-0.4, -0.2) is 38.2 Å². The van der Waals surface area contributed by atoms with E-state index in [-0.39, 0.29) is 34.6 Å². The number of hydrogen-bond donors (Lipinski definition) is 2. The SMILES string of the molecule is CCCCC(=O)c1cnc2c(C(=O)N[C@H]3CC[C@H](C(=O)Nc4ccc(F)cc4Cl)CC3)cnn2c1. The highest BCUT2D eigenvalue weighted by Gasteiger charge is 2.28. The van der Waals surface area contributed by atoms with Crippen molar-refractivity contribution in [3.63, 3.8) is 0 Å². The van der Waals surface area contributed by atoms with Crippen LogP contribution in [0.3, 0.4) is 0 Å². The normalized spacial score (nSPS) is 17.8. The maximum absolute atomic E-state index is 13.2. The molecule has 0 aliphatic heterocycles. The number of fused-ring (bicyclic) bond motifs is 1. The lowest BCUT2D eigenvalue weighted by Crippen LogP contribution is -2.39. The highest BCUT2D eigenvalue weighted by molar-refractivity contribution is 6.33. The van der Waals surface area contributed by atoms with E-state index in [4.69, 9.17) is 11.6 Å². The van der Waals surface area contributed by atoms with Gasteiger partial charge in [-0.3, -0.25) is 14.4 Å². The second-order valence-electron chi connectivity index (χ2n) is 8.83. The summed E-state index contributed by atoms with van der Waals surface area (Å²) >= 11 is 6.00. The standard InChI is InChI=1S/C25H27ClFN5O3/c1-2-3-4-22(33)16-12-28-23-19(13-29-32(23)14-16)25(35)30-18-8-5-15(6-9-18)24(34)31-21-10-7-17(27)11-20(21)26/h7,10-15,18H,2-6,8-9H2,1H3,(H,30,35)(H,31,34)/t15-,18-. The van der Waals surface area contributed by atoms with Crippen LogP contribution in [0, 0.1) is 11.7 Å². The Kier molecular flexibility index (Phi) is 7.75. The molecule has 10 heteroatoms. The van der Waals surface area contributed by atoms with Crippen molar-refractivity contribution in [2.45, 2.75) is 57.9 Å². The van der Waals surface area contributed by atoms with E-state index < -0.39 is 5.82 Å². The number of ketones is 1. The molecule has 0 unspecified atom stereocenters. The number of halogens is 2. The minimum atomic E-state index is -0.466. The molecule has 1 saturated carbocycles. The number of carbonyl (C=O) groups excluding carboxylic acids is 3. The molecule has 0 spiro atoms. The van der Waals surface area contributed by atoms with E-state index in [9.17, 15) is 18.8 Å². The smallest absolute Gasteiger partial charge is 0.256 e. The minimum Gasteiger partial charge on any atom is -0.349 e. The largest absolute Gasteiger partial charge is 0.349 e. The zero-order valence-corrected chi connectivity index (χ0v) is 20.1. The van der Waals surface area contributed by atoms with Crippen LogP contribution in [0.15, 0.2) is 36.8 Å². The molecule has 1 aromatic carbocycles. The minimum absolute atomic E-state index is 0.00486. The third kappa shape index (κ3) is 5.85. The van der Waals surface area contributed by atoms with Crippen LogP contribution in [0.1, 0.15) is 72.6 Å². The number of hydrogen-bond acceptors (Lipinski definition) is 5. The van der Waals surface area contributed by atoms with Gasteiger partial charge in [0.05, 0.1) is 22.5 Å². The second kappa shape index (κ2) is 10.9. The zero-order valence-electron chi connectivity index (χ0n) is 19.4. The van der Waals surface area contributed by atoms with Crippen molar-refractivity contribution in [3.8, 4) is 0 Å². The molecule has 35 heavy (non-hydrogen) atoms. The number of rotatable bonds is 8. The number of benzene rings is 1. The Bertz CT molecular complexity index is 1250. The van der Waals surface area contributed by atoms with Gasteiger partial charge in [0, 0.05) is 30.8 Å². The molecule has 184 valence electrons. The van der Waals surface area contributed by atoms with Gasteiger partial charge in [0.2, 0.25) is 5.91 Å². The number of nitrogens with zero attached hydrogens (tertiary/aromatic N) is 3. The van der Waals surface area contributed by atoms with Crippen molar-refractivity contribution in [2.75, 3.05) is 5.32 Å². The number of carbonyl (C=O) groups is 3. The maximum atomic E-state index is 13.2. The summed E-state index contributed by atoms with van der Waals surface area (Å²) in [4.78, 5) is 42.0. The Morgan fingerprint density at radius 2 is 1.94 bits per heavy atom. The molecule has 3 aromatic rings. The average molecular weight is 500 g/mol. The molecular formula is C25H27ClFN5O3. The Hall–Kier alpha value is -3.33. The lowest BCUT2D eigenvalue weighted by Gasteiger charge is -2.28. The van der Waals surface area contributed by atoms with Crippen LogP contribution in [0.5, 0.6) is 0 Å². The summed E-state index contributed by atoms with van der Waals surface area (Å²) in [6, 6.07) is 3.76. The summed E-state index contributed by atoms with van der Waals surface area (Å²) in [5.74, 6) is -1.13. The van der Waals surface area contributed by atoms with Gasteiger partial charge in [0.25, 0.3) is 5.91 Å². The number of unbranched alkanes of at least 4 members (excludes halogenated alkanes) is 1. The topological polar surface area (TPSA) is 105 Å². The summed E-state index contributed by atoms with van der Waals surface area (Å²) in [6.07, 6.45) is 9.23. The van der Waals surface area contributed by atoms with E-state index in [0.29, 0.717) is 54.6 Å². The molecule has 0 saturated heterocycles. The lowest BCUT2D eigenvalue weighted by molar-refractivity contribution is -0.120. The molecule has 1 fully saturated rings. The van der Waals surface area contributed by atoms with E-state index in [1.54, 1.807) is 6.20 Å². The summed E-state index contributed by atoms with van der Waals surface area (Å²) in [5, 5.41) is 10.1. The first-order valence-corrected chi connectivity index (χ1v) is 12.2. The molecule has 2 N–H and O–H groups in total. The fourth-order valence-corrected chi connectivity index (χ4v) is 4.46. The number of amides is 2. The predicted octanol–water partition coefficient (Wildman–Crippen LogP) is 4.82. The molecule has 4 rings (SSSR count). The zero-order chi connectivity index (χ0) is 24.9. The van der Waals surface area contributed by atoms with Crippen LogP contribution in [0.4, 0.5) is 10.1 Å². The molecule has 0 radical (unpaired) electrons. The first kappa shape index (κ1) is 24.8. The number of aromatic nitrogens is 3. The molecule has 8 nitrogen and oxygen atoms in total. The van der Waals surface area contributed by atoms with Gasteiger partial charge in [-0.05, 0) is 50.3 Å². The molecule has 2 heterocycles. The van der Waals surface area contributed by atoms with Gasteiger partial charge < -0.3 is 10.6 Å². The quantitative estimate of drug-likeness (QED) is 0.432. The van der Waals surface area contributed by atoms with Crippen LogP contribution in [0.2, 0.25) is 5.02 Å². The van der Waals surface area contributed by atoms with E-state index in [2.05, 4.69) is 20.7 Å². The van der Waals surface area contributed by atoms with Gasteiger partial charge in [-0.2, -0.15) is 5.10 Å². The van der Waals surface area contributed by atoms with Crippen LogP contribution < -0.4 is 10.6 Å². The Morgan fingerprint density at radius 3 is 2.66 bits per heavy atom. The van der Waals surface area contributed by atoms with Crippen molar-refractivity contribution in [2.24, 2.45) is 5.92 Å². The van der Waals surface area contributed by atoms with Crippen LogP contribution >= 0.6 is 11.6 Å². The van der Waals surface area contributed by atoms with Gasteiger partial charge in [0.1, 0.15) is 11.4 Å². The summed E-state index contributed by atoms with van der Waals surface area (Å²) in [6.45, 7) is 2.03. The second-order valence-corrected chi connectivity index (χ2v) is 9.24. The van der Waals surface area contributed by atoms with E-state index in [1.807, 2.05) is 6.92 Å². The summed E-state index contributed by atoms with van der Waals surface area (Å²) in [5.41, 5.74) is 1.57. The van der Waals surface area contributed by atoms with Gasteiger partial charge >= 0.3 is 0 Å². The molecule has 0 bridgehead atoms. The van der Waals surface area contributed by atoms with Gasteiger partial charge in [-0.15, -0.1) is 0 Å². The number of nitrogens with one attached hydrogen (secondary N) is 2. The van der Waals surface area contributed by atoms with Crippen LogP contribution in [0.25, 0.3) is 5.65 Å². The maximum Gasteiger partial charge on any atom is 0.256 e. The highest BCUT2D eigenvalue weighted by atomic mass is 35.5. The Balaban J connectivity index is 1.32. The lowest BCUT2D eigenvalue weighted by atomic mass is 9.85. The first-order valence-electron chi connectivity index (χ1n) is 11.8. The Morgan fingerprint density at radius 1 is 1.17 bits per heavy atom. The third-order valence-corrected chi connectivity index (χ3v) is 6.62. The monoisotopic (exact) mass is 499 g/mol. The van der Waals surface area contributed by atoms with Crippen molar-refractivity contribution in [1.82, 2.24) is 19.9 Å². The van der Waals surface area contributed by atoms with Gasteiger partial charge in [-0.1, -0.05) is 24.9 Å². The van der Waals surface area contributed by atoms with E-state index in [1.165, 1.54) is 29.0 Å². The van der Waals surface area contributed by atoms with E-state index in [0.717, 1.165) is 18.9 Å². The molecular weight excluding hydrogens is 473 g/mol. The predicted molar refractivity (Wildman–Crippen MR) is 130 cm³/mol. The fourth-order valence-electron chi connectivity index (χ4n) is 4.25. The van der Waals surface area contributed by atoms with E-state index >= 15 is 0 Å². The summed E-state index contributed by atoms with van der Waals surface area (Å²) in [7, 11) is 0. The molecule has 2 aromatic heterocycles. The Labute approximate surface area is 207 Å². The van der Waals surface area contributed by atoms with Gasteiger partial charge in [0.15, 0.2) is 11.4 Å². The molecule has 1 aliphatic rings.